The molecule has 3 rings (SSSR count). The van der Waals surface area contributed by atoms with Gasteiger partial charge in [-0.2, -0.15) is 0 Å². The van der Waals surface area contributed by atoms with E-state index < -0.39 is 0 Å². The van der Waals surface area contributed by atoms with E-state index in [0.717, 1.165) is 16.6 Å². The quantitative estimate of drug-likeness (QED) is 0.697. The van der Waals surface area contributed by atoms with Gasteiger partial charge in [-0.25, -0.2) is 4.98 Å². The summed E-state index contributed by atoms with van der Waals surface area (Å²) in [4.78, 5) is 16.5. The number of furan rings is 1. The van der Waals surface area contributed by atoms with Crippen molar-refractivity contribution in [3.8, 4) is 0 Å². The van der Waals surface area contributed by atoms with Gasteiger partial charge in [-0.05, 0) is 23.9 Å². The van der Waals surface area contributed by atoms with Crippen LogP contribution in [0, 0.1) is 6.92 Å². The first kappa shape index (κ1) is 10.3. The average Bonchev–Trinajstić information content (AvgIpc) is 2.93. The van der Waals surface area contributed by atoms with E-state index >= 15 is 0 Å². The molecule has 0 aliphatic carbocycles. The fourth-order valence-corrected chi connectivity index (χ4v) is 2.70. The van der Waals surface area contributed by atoms with Crippen LogP contribution >= 0.6 is 11.3 Å². The zero-order chi connectivity index (χ0) is 11.8. The van der Waals surface area contributed by atoms with Gasteiger partial charge >= 0.3 is 0 Å². The molecule has 0 atom stereocenters. The average molecular weight is 246 g/mol. The normalized spacial score (nSPS) is 11.1. The number of aromatic nitrogens is 2. The summed E-state index contributed by atoms with van der Waals surface area (Å²) in [6.45, 7) is 2.46. The van der Waals surface area contributed by atoms with E-state index in [9.17, 15) is 4.79 Å². The second-order valence-electron chi connectivity index (χ2n) is 3.91. The largest absolute Gasteiger partial charge is 0.472 e. The lowest BCUT2D eigenvalue weighted by Crippen LogP contribution is -2.20. The summed E-state index contributed by atoms with van der Waals surface area (Å²) in [6, 6.07) is 1.84. The maximum atomic E-state index is 12.2. The zero-order valence-electron chi connectivity index (χ0n) is 9.21. The Labute approximate surface area is 101 Å². The van der Waals surface area contributed by atoms with Gasteiger partial charge in [-0.1, -0.05) is 0 Å². The molecule has 3 aromatic rings. The topological polar surface area (TPSA) is 48.0 Å². The summed E-state index contributed by atoms with van der Waals surface area (Å²) in [7, 11) is 0. The third kappa shape index (κ3) is 1.68. The summed E-state index contributed by atoms with van der Waals surface area (Å²) in [6.07, 6.45) is 4.83. The van der Waals surface area contributed by atoms with Gasteiger partial charge in [0.2, 0.25) is 0 Å². The van der Waals surface area contributed by atoms with Gasteiger partial charge in [0.15, 0.2) is 0 Å². The van der Waals surface area contributed by atoms with Gasteiger partial charge in [0.05, 0.1) is 30.9 Å². The first-order chi connectivity index (χ1) is 8.25. The summed E-state index contributed by atoms with van der Waals surface area (Å²) in [5.74, 6) is 0. The highest BCUT2D eigenvalue weighted by Crippen LogP contribution is 2.19. The first-order valence-electron chi connectivity index (χ1n) is 5.20. The minimum atomic E-state index is 0.00861. The molecule has 0 aliphatic heterocycles. The fourth-order valence-electron chi connectivity index (χ4n) is 1.75. The van der Waals surface area contributed by atoms with E-state index in [1.807, 2.05) is 18.4 Å². The van der Waals surface area contributed by atoms with Gasteiger partial charge in [0.1, 0.15) is 4.70 Å². The molecule has 17 heavy (non-hydrogen) atoms. The minimum absolute atomic E-state index is 0.00861. The van der Waals surface area contributed by atoms with E-state index in [-0.39, 0.29) is 5.56 Å². The number of fused-ring (bicyclic) bond motifs is 1. The van der Waals surface area contributed by atoms with Crippen molar-refractivity contribution in [3.05, 3.63) is 51.8 Å². The van der Waals surface area contributed by atoms with Crippen LogP contribution in [-0.4, -0.2) is 9.55 Å². The van der Waals surface area contributed by atoms with E-state index in [1.165, 1.54) is 11.3 Å². The highest BCUT2D eigenvalue weighted by atomic mass is 32.1. The lowest BCUT2D eigenvalue weighted by molar-refractivity contribution is 0.561. The van der Waals surface area contributed by atoms with Crippen LogP contribution in [0.1, 0.15) is 11.1 Å². The monoisotopic (exact) mass is 246 g/mol. The van der Waals surface area contributed by atoms with Crippen molar-refractivity contribution in [2.24, 2.45) is 0 Å². The lowest BCUT2D eigenvalue weighted by atomic mass is 10.3. The molecular weight excluding hydrogens is 236 g/mol. The second kappa shape index (κ2) is 3.85. The molecule has 0 fully saturated rings. The van der Waals surface area contributed by atoms with E-state index in [1.54, 1.807) is 23.4 Å². The number of hydrogen-bond donors (Lipinski definition) is 0. The summed E-state index contributed by atoms with van der Waals surface area (Å²) in [5.41, 5.74) is 2.83. The molecule has 0 N–H and O–H groups in total. The molecule has 3 heterocycles. The van der Waals surface area contributed by atoms with Crippen molar-refractivity contribution < 1.29 is 4.42 Å². The predicted molar refractivity (Wildman–Crippen MR) is 66.4 cm³/mol. The van der Waals surface area contributed by atoms with Crippen LogP contribution < -0.4 is 5.56 Å². The van der Waals surface area contributed by atoms with Crippen molar-refractivity contribution in [1.82, 2.24) is 9.55 Å². The van der Waals surface area contributed by atoms with Crippen molar-refractivity contribution in [2.75, 3.05) is 0 Å². The molecule has 0 aromatic carbocycles. The van der Waals surface area contributed by atoms with Crippen LogP contribution in [0.3, 0.4) is 0 Å². The molecule has 0 aliphatic rings. The smallest absolute Gasteiger partial charge is 0.271 e. The van der Waals surface area contributed by atoms with Gasteiger partial charge in [-0.3, -0.25) is 9.36 Å². The fraction of sp³-hybridized carbons (Fsp3) is 0.167. The van der Waals surface area contributed by atoms with Crippen LogP contribution in [-0.2, 0) is 6.54 Å². The summed E-state index contributed by atoms with van der Waals surface area (Å²) >= 11 is 1.45. The maximum absolute atomic E-state index is 12.2. The second-order valence-corrected chi connectivity index (χ2v) is 4.79. The van der Waals surface area contributed by atoms with Crippen molar-refractivity contribution in [3.63, 3.8) is 0 Å². The Bertz CT molecular complexity index is 710. The van der Waals surface area contributed by atoms with Gasteiger partial charge < -0.3 is 4.42 Å². The zero-order valence-corrected chi connectivity index (χ0v) is 10.0. The Morgan fingerprint density at radius 3 is 3.18 bits per heavy atom. The van der Waals surface area contributed by atoms with E-state index in [2.05, 4.69) is 4.98 Å². The molecule has 5 heteroatoms. The van der Waals surface area contributed by atoms with E-state index in [0.29, 0.717) is 11.2 Å². The van der Waals surface area contributed by atoms with Crippen molar-refractivity contribution in [1.29, 1.82) is 0 Å². The Balaban J connectivity index is 2.12. The highest BCUT2D eigenvalue weighted by molar-refractivity contribution is 7.17. The molecule has 0 saturated heterocycles. The molecule has 4 nitrogen and oxygen atoms in total. The molecule has 3 aromatic heterocycles. The number of nitrogens with zero attached hydrogens (tertiary/aromatic N) is 2. The van der Waals surface area contributed by atoms with Gasteiger partial charge in [0.25, 0.3) is 5.56 Å². The van der Waals surface area contributed by atoms with Gasteiger partial charge in [-0.15, -0.1) is 11.3 Å². The molecule has 0 unspecified atom stereocenters. The first-order valence-corrected chi connectivity index (χ1v) is 6.08. The summed E-state index contributed by atoms with van der Waals surface area (Å²) in [5, 5.41) is 1.96. The lowest BCUT2D eigenvalue weighted by Gasteiger charge is -2.02. The van der Waals surface area contributed by atoms with Crippen LogP contribution in [0.25, 0.3) is 10.2 Å². The Hall–Kier alpha value is -1.88. The number of rotatable bonds is 2. The number of thiophene rings is 1. The highest BCUT2D eigenvalue weighted by Gasteiger charge is 2.08. The minimum Gasteiger partial charge on any atom is -0.472 e. The molecule has 86 valence electrons. The molecule has 0 bridgehead atoms. The van der Waals surface area contributed by atoms with Crippen LogP contribution in [0.2, 0.25) is 0 Å². The third-order valence-corrected chi connectivity index (χ3v) is 3.73. The third-order valence-electron chi connectivity index (χ3n) is 2.66. The van der Waals surface area contributed by atoms with Crippen molar-refractivity contribution >= 4 is 21.6 Å². The van der Waals surface area contributed by atoms with Crippen LogP contribution in [0.5, 0.6) is 0 Å². The molecule has 0 radical (unpaired) electrons. The Morgan fingerprint density at radius 2 is 2.41 bits per heavy atom. The molecular formula is C12H10N2O2S. The number of hydrogen-bond acceptors (Lipinski definition) is 4. The number of aryl methyl sites for hydroxylation is 1. The Kier molecular flexibility index (Phi) is 2.33. The molecule has 0 saturated carbocycles. The van der Waals surface area contributed by atoms with Crippen LogP contribution in [0.4, 0.5) is 0 Å². The molecule has 0 spiro atoms. The maximum Gasteiger partial charge on any atom is 0.271 e. The molecule has 0 amide bonds. The summed E-state index contributed by atoms with van der Waals surface area (Å²) < 4.78 is 7.30. The Morgan fingerprint density at radius 1 is 1.53 bits per heavy atom. The SMILES string of the molecule is Cc1csc2c(=O)n(Cc3ccoc3)cnc12. The van der Waals surface area contributed by atoms with E-state index in [4.69, 9.17) is 4.42 Å². The predicted octanol–water partition coefficient (Wildman–Crippen LogP) is 2.41. The van der Waals surface area contributed by atoms with Crippen molar-refractivity contribution in [2.45, 2.75) is 13.5 Å². The van der Waals surface area contributed by atoms with Gasteiger partial charge in [0, 0.05) is 5.56 Å². The van der Waals surface area contributed by atoms with Crippen LogP contribution in [0.15, 0.2) is 39.5 Å². The standard InChI is InChI=1S/C12H10N2O2S/c1-8-6-17-11-10(8)13-7-14(12(11)15)4-9-2-3-16-5-9/h2-3,5-7H,4H2,1H3.